The molecule has 2 heterocycles. The van der Waals surface area contributed by atoms with Crippen LogP contribution in [0.1, 0.15) is 28.8 Å². The predicted octanol–water partition coefficient (Wildman–Crippen LogP) is 3.25. The summed E-state index contributed by atoms with van der Waals surface area (Å²) in [6, 6.07) is 13.1. The van der Waals surface area contributed by atoms with Gasteiger partial charge < -0.3 is 10.2 Å². The predicted molar refractivity (Wildman–Crippen MR) is 119 cm³/mol. The fourth-order valence-corrected chi connectivity index (χ4v) is 4.50. The SMILES string of the molecule is Cc1cnn(-c2ccc(C(=O)Nc3cccc(S(=O)(=O)/N=C4\CCCN4C)c3)cc2)c1. The molecule has 4 rings (SSSR count). The van der Waals surface area contributed by atoms with E-state index in [-0.39, 0.29) is 10.8 Å². The molecule has 0 radical (unpaired) electrons. The number of hydrogen-bond donors (Lipinski definition) is 1. The van der Waals surface area contributed by atoms with Gasteiger partial charge in [0.1, 0.15) is 5.84 Å². The molecule has 0 aliphatic carbocycles. The lowest BCUT2D eigenvalue weighted by atomic mass is 10.2. The van der Waals surface area contributed by atoms with Crippen LogP contribution in [0.25, 0.3) is 5.69 Å². The largest absolute Gasteiger partial charge is 0.362 e. The first-order valence-electron chi connectivity index (χ1n) is 9.90. The van der Waals surface area contributed by atoms with Crippen LogP contribution < -0.4 is 5.32 Å². The van der Waals surface area contributed by atoms with Crippen LogP contribution in [0.4, 0.5) is 5.69 Å². The third kappa shape index (κ3) is 4.66. The Balaban J connectivity index is 1.50. The highest BCUT2D eigenvalue weighted by Gasteiger charge is 2.20. The van der Waals surface area contributed by atoms with E-state index in [1.165, 1.54) is 12.1 Å². The number of anilines is 1. The summed E-state index contributed by atoms with van der Waals surface area (Å²) in [6.45, 7) is 2.75. The molecular weight excluding hydrogens is 414 g/mol. The molecule has 1 aliphatic heterocycles. The Morgan fingerprint density at radius 2 is 1.94 bits per heavy atom. The Hall–Kier alpha value is -3.46. The molecule has 8 nitrogen and oxygen atoms in total. The number of rotatable bonds is 5. The van der Waals surface area contributed by atoms with E-state index in [4.69, 9.17) is 0 Å². The van der Waals surface area contributed by atoms with Crippen LogP contribution in [0.3, 0.4) is 0 Å². The minimum absolute atomic E-state index is 0.0440. The molecule has 0 saturated carbocycles. The Morgan fingerprint density at radius 3 is 2.58 bits per heavy atom. The number of nitrogens with one attached hydrogen (secondary N) is 1. The molecule has 1 N–H and O–H groups in total. The standard InChI is InChI=1S/C22H23N5O3S/c1-16-14-23-27(15-16)19-10-8-17(9-11-19)22(28)24-18-5-3-6-20(13-18)31(29,30)25-21-7-4-12-26(21)2/h3,5-6,8-11,13-15H,4,7,12H2,1-2H3,(H,24,28)/b25-21+. The first kappa shape index (κ1) is 20.8. The minimum Gasteiger partial charge on any atom is -0.362 e. The second-order valence-corrected chi connectivity index (χ2v) is 9.10. The second-order valence-electron chi connectivity index (χ2n) is 7.50. The lowest BCUT2D eigenvalue weighted by Crippen LogP contribution is -2.20. The van der Waals surface area contributed by atoms with Crippen molar-refractivity contribution in [3.8, 4) is 5.69 Å². The molecule has 1 aromatic heterocycles. The number of benzene rings is 2. The summed E-state index contributed by atoms with van der Waals surface area (Å²) in [4.78, 5) is 14.5. The number of sulfonamides is 1. The van der Waals surface area contributed by atoms with Crippen LogP contribution in [0.5, 0.6) is 0 Å². The number of carbonyl (C=O) groups is 1. The van der Waals surface area contributed by atoms with Gasteiger partial charge in [0, 0.05) is 37.5 Å². The van der Waals surface area contributed by atoms with Crippen LogP contribution in [0.2, 0.25) is 0 Å². The highest BCUT2D eigenvalue weighted by Crippen LogP contribution is 2.21. The fourth-order valence-electron chi connectivity index (χ4n) is 3.36. The molecule has 31 heavy (non-hydrogen) atoms. The summed E-state index contributed by atoms with van der Waals surface area (Å²) in [5.74, 6) is 0.224. The molecule has 2 aromatic carbocycles. The molecule has 160 valence electrons. The average molecular weight is 438 g/mol. The quantitative estimate of drug-likeness (QED) is 0.661. The van der Waals surface area contributed by atoms with Crippen LogP contribution >= 0.6 is 0 Å². The van der Waals surface area contributed by atoms with E-state index in [0.29, 0.717) is 23.5 Å². The number of amides is 1. The number of likely N-dealkylation sites (tertiary alicyclic amines) is 1. The van der Waals surface area contributed by atoms with Crippen molar-refractivity contribution in [3.05, 3.63) is 72.1 Å². The van der Waals surface area contributed by atoms with Crippen molar-refractivity contribution in [2.24, 2.45) is 4.40 Å². The summed E-state index contributed by atoms with van der Waals surface area (Å²) in [5.41, 5.74) is 2.72. The number of hydrogen-bond acceptors (Lipinski definition) is 4. The van der Waals surface area contributed by atoms with Crippen molar-refractivity contribution in [1.29, 1.82) is 0 Å². The Kier molecular flexibility index (Phi) is 5.60. The second kappa shape index (κ2) is 8.35. The van der Waals surface area contributed by atoms with Gasteiger partial charge in [0.05, 0.1) is 16.8 Å². The van der Waals surface area contributed by atoms with Gasteiger partial charge >= 0.3 is 0 Å². The lowest BCUT2D eigenvalue weighted by Gasteiger charge is -2.11. The van der Waals surface area contributed by atoms with Crippen LogP contribution in [0.15, 0.2) is 70.2 Å². The number of nitrogens with zero attached hydrogens (tertiary/aromatic N) is 4. The number of carbonyl (C=O) groups excluding carboxylic acids is 1. The summed E-state index contributed by atoms with van der Waals surface area (Å²) in [7, 11) is -2.02. The van der Waals surface area contributed by atoms with Crippen molar-refractivity contribution < 1.29 is 13.2 Å². The summed E-state index contributed by atoms with van der Waals surface area (Å²) in [6.07, 6.45) is 5.19. The molecule has 9 heteroatoms. The maximum Gasteiger partial charge on any atom is 0.284 e. The third-order valence-electron chi connectivity index (χ3n) is 5.06. The molecule has 0 spiro atoms. The maximum atomic E-state index is 12.7. The van der Waals surface area contributed by atoms with Crippen LogP contribution in [-0.2, 0) is 10.0 Å². The van der Waals surface area contributed by atoms with Crippen LogP contribution in [-0.4, -0.2) is 48.4 Å². The molecule has 1 fully saturated rings. The van der Waals surface area contributed by atoms with Gasteiger partial charge in [-0.25, -0.2) is 4.68 Å². The minimum atomic E-state index is -3.85. The van der Waals surface area contributed by atoms with Crippen molar-refractivity contribution >= 4 is 27.5 Å². The van der Waals surface area contributed by atoms with Gasteiger partial charge in [-0.15, -0.1) is 4.40 Å². The smallest absolute Gasteiger partial charge is 0.284 e. The maximum absolute atomic E-state index is 12.7. The molecule has 3 aromatic rings. The molecule has 0 atom stereocenters. The Bertz CT molecular complexity index is 1250. The molecule has 0 unspecified atom stereocenters. The lowest BCUT2D eigenvalue weighted by molar-refractivity contribution is 0.102. The summed E-state index contributed by atoms with van der Waals surface area (Å²) >= 11 is 0. The molecule has 1 amide bonds. The summed E-state index contributed by atoms with van der Waals surface area (Å²) in [5, 5.41) is 7.00. The van der Waals surface area contributed by atoms with Crippen molar-refractivity contribution in [2.45, 2.75) is 24.7 Å². The van der Waals surface area contributed by atoms with Gasteiger partial charge in [-0.3, -0.25) is 4.79 Å². The monoisotopic (exact) mass is 437 g/mol. The molecule has 1 aliphatic rings. The normalized spacial score (nSPS) is 15.4. The first-order valence-corrected chi connectivity index (χ1v) is 11.3. The summed E-state index contributed by atoms with van der Waals surface area (Å²) < 4.78 is 31.1. The zero-order valence-corrected chi connectivity index (χ0v) is 18.1. The van der Waals surface area contributed by atoms with Crippen molar-refractivity contribution in [3.63, 3.8) is 0 Å². The number of aromatic nitrogens is 2. The molecular formula is C22H23N5O3S. The first-order chi connectivity index (χ1) is 14.8. The Morgan fingerprint density at radius 1 is 1.16 bits per heavy atom. The van der Waals surface area contributed by atoms with E-state index < -0.39 is 10.0 Å². The van der Waals surface area contributed by atoms with E-state index in [1.807, 2.05) is 25.1 Å². The Labute approximate surface area is 181 Å². The zero-order chi connectivity index (χ0) is 22.0. The number of amidine groups is 1. The van der Waals surface area contributed by atoms with Crippen LogP contribution in [0, 0.1) is 6.92 Å². The van der Waals surface area contributed by atoms with E-state index in [2.05, 4.69) is 14.8 Å². The molecule has 0 bridgehead atoms. The van der Waals surface area contributed by atoms with Gasteiger partial charge in [0.25, 0.3) is 15.9 Å². The molecule has 1 saturated heterocycles. The fraction of sp³-hybridized carbons (Fsp3) is 0.227. The highest BCUT2D eigenvalue weighted by atomic mass is 32.2. The van der Waals surface area contributed by atoms with Gasteiger partial charge in [-0.05, 0) is 61.4 Å². The van der Waals surface area contributed by atoms with E-state index in [1.54, 1.807) is 47.3 Å². The number of aryl methyl sites for hydroxylation is 1. The third-order valence-corrected chi connectivity index (χ3v) is 6.36. The van der Waals surface area contributed by atoms with Crippen molar-refractivity contribution in [2.75, 3.05) is 18.9 Å². The van der Waals surface area contributed by atoms with E-state index >= 15 is 0 Å². The van der Waals surface area contributed by atoms with E-state index in [0.717, 1.165) is 24.2 Å². The highest BCUT2D eigenvalue weighted by molar-refractivity contribution is 7.90. The van der Waals surface area contributed by atoms with Gasteiger partial charge in [-0.1, -0.05) is 6.07 Å². The topological polar surface area (TPSA) is 96.7 Å². The van der Waals surface area contributed by atoms with E-state index in [9.17, 15) is 13.2 Å². The average Bonchev–Trinajstić information content (AvgIpc) is 3.36. The zero-order valence-electron chi connectivity index (χ0n) is 17.3. The van der Waals surface area contributed by atoms with Gasteiger partial charge in [0.15, 0.2) is 0 Å². The van der Waals surface area contributed by atoms with Crippen molar-refractivity contribution in [1.82, 2.24) is 14.7 Å². The van der Waals surface area contributed by atoms with Gasteiger partial charge in [0.2, 0.25) is 0 Å². The van der Waals surface area contributed by atoms with Gasteiger partial charge in [-0.2, -0.15) is 13.5 Å².